The standard InChI is InChI=1S/C23H16N2O3/c26-22(13-27-19-9-7-15(8-10-19)23-25-24-14-28-23)18-6-5-17-11-16-3-1-2-4-20(16)21(17)12-18/h1-10,12,14H,11,13H2. The maximum atomic E-state index is 12.6. The summed E-state index contributed by atoms with van der Waals surface area (Å²) in [6.07, 6.45) is 2.20. The van der Waals surface area contributed by atoms with E-state index in [1.165, 1.54) is 23.1 Å². The highest BCUT2D eigenvalue weighted by Gasteiger charge is 2.19. The van der Waals surface area contributed by atoms with Crippen LogP contribution in [0, 0.1) is 0 Å². The van der Waals surface area contributed by atoms with Crippen molar-refractivity contribution in [2.45, 2.75) is 6.42 Å². The first kappa shape index (κ1) is 16.4. The molecule has 0 N–H and O–H groups in total. The van der Waals surface area contributed by atoms with E-state index in [1.54, 1.807) is 12.1 Å². The van der Waals surface area contributed by atoms with E-state index in [1.807, 2.05) is 42.5 Å². The highest BCUT2D eigenvalue weighted by Crippen LogP contribution is 2.36. The molecule has 5 nitrogen and oxygen atoms in total. The van der Waals surface area contributed by atoms with Gasteiger partial charge in [-0.05, 0) is 59.0 Å². The predicted octanol–water partition coefficient (Wildman–Crippen LogP) is 4.57. The lowest BCUT2D eigenvalue weighted by molar-refractivity contribution is 0.0921. The molecule has 1 aliphatic rings. The molecule has 1 aliphatic carbocycles. The fraction of sp³-hybridized carbons (Fsp3) is 0.0870. The molecule has 0 saturated carbocycles. The minimum Gasteiger partial charge on any atom is -0.485 e. The first-order valence-electron chi connectivity index (χ1n) is 9.02. The first-order valence-corrected chi connectivity index (χ1v) is 9.02. The van der Waals surface area contributed by atoms with Crippen LogP contribution in [0.4, 0.5) is 0 Å². The summed E-state index contributed by atoms with van der Waals surface area (Å²) in [7, 11) is 0. The fourth-order valence-electron chi connectivity index (χ4n) is 3.52. The summed E-state index contributed by atoms with van der Waals surface area (Å²) in [5, 5.41) is 7.52. The van der Waals surface area contributed by atoms with E-state index < -0.39 is 0 Å². The molecule has 5 rings (SSSR count). The Hall–Kier alpha value is -3.73. The maximum Gasteiger partial charge on any atom is 0.247 e. The molecule has 0 unspecified atom stereocenters. The molecule has 0 spiro atoms. The van der Waals surface area contributed by atoms with E-state index in [9.17, 15) is 4.79 Å². The predicted molar refractivity (Wildman–Crippen MR) is 104 cm³/mol. The number of hydrogen-bond donors (Lipinski definition) is 0. The molecule has 0 fully saturated rings. The van der Waals surface area contributed by atoms with Gasteiger partial charge in [-0.1, -0.05) is 36.4 Å². The Morgan fingerprint density at radius 1 is 0.964 bits per heavy atom. The number of carbonyl (C=O) groups excluding carboxylic acids is 1. The van der Waals surface area contributed by atoms with Gasteiger partial charge in [-0.25, -0.2) is 0 Å². The molecule has 1 heterocycles. The number of ketones is 1. The molecule has 3 aromatic carbocycles. The lowest BCUT2D eigenvalue weighted by Gasteiger charge is -2.08. The van der Waals surface area contributed by atoms with Crippen molar-refractivity contribution in [2.24, 2.45) is 0 Å². The third-order valence-electron chi connectivity index (χ3n) is 4.95. The van der Waals surface area contributed by atoms with Crippen LogP contribution < -0.4 is 4.74 Å². The highest BCUT2D eigenvalue weighted by molar-refractivity contribution is 5.99. The summed E-state index contributed by atoms with van der Waals surface area (Å²) < 4.78 is 10.8. The largest absolute Gasteiger partial charge is 0.485 e. The van der Waals surface area contributed by atoms with Gasteiger partial charge >= 0.3 is 0 Å². The van der Waals surface area contributed by atoms with E-state index in [0.717, 1.165) is 17.5 Å². The number of nitrogens with zero attached hydrogens (tertiary/aromatic N) is 2. The van der Waals surface area contributed by atoms with Crippen LogP contribution in [-0.4, -0.2) is 22.6 Å². The average Bonchev–Trinajstić information content (AvgIpc) is 3.40. The molecule has 0 amide bonds. The van der Waals surface area contributed by atoms with Gasteiger partial charge in [0.1, 0.15) is 5.75 Å². The fourth-order valence-corrected chi connectivity index (χ4v) is 3.52. The molecule has 28 heavy (non-hydrogen) atoms. The topological polar surface area (TPSA) is 65.2 Å². The Labute approximate surface area is 161 Å². The van der Waals surface area contributed by atoms with E-state index in [-0.39, 0.29) is 12.4 Å². The number of rotatable bonds is 5. The molecule has 0 saturated heterocycles. The molecule has 5 heteroatoms. The van der Waals surface area contributed by atoms with E-state index in [2.05, 4.69) is 22.3 Å². The van der Waals surface area contributed by atoms with Crippen LogP contribution in [0.3, 0.4) is 0 Å². The summed E-state index contributed by atoms with van der Waals surface area (Å²) in [4.78, 5) is 12.6. The molecule has 0 atom stereocenters. The van der Waals surface area contributed by atoms with Crippen LogP contribution in [-0.2, 0) is 6.42 Å². The van der Waals surface area contributed by atoms with Crippen molar-refractivity contribution in [1.29, 1.82) is 0 Å². The molecule has 0 aliphatic heterocycles. The summed E-state index contributed by atoms with van der Waals surface area (Å²) in [6, 6.07) is 21.4. The number of hydrogen-bond acceptors (Lipinski definition) is 5. The number of carbonyl (C=O) groups is 1. The average molecular weight is 368 g/mol. The van der Waals surface area contributed by atoms with Gasteiger partial charge in [-0.2, -0.15) is 0 Å². The number of benzene rings is 3. The second-order valence-corrected chi connectivity index (χ2v) is 6.69. The van der Waals surface area contributed by atoms with Gasteiger partial charge in [-0.3, -0.25) is 4.79 Å². The van der Waals surface area contributed by atoms with Gasteiger partial charge in [0.25, 0.3) is 0 Å². The lowest BCUT2D eigenvalue weighted by atomic mass is 10.0. The van der Waals surface area contributed by atoms with Gasteiger partial charge in [0, 0.05) is 11.1 Å². The molecule has 0 radical (unpaired) electrons. The second-order valence-electron chi connectivity index (χ2n) is 6.69. The van der Waals surface area contributed by atoms with Crippen molar-refractivity contribution in [3.05, 3.63) is 89.8 Å². The summed E-state index contributed by atoms with van der Waals surface area (Å²) in [6.45, 7) is -0.0136. The second kappa shape index (κ2) is 6.78. The third kappa shape index (κ3) is 2.97. The summed E-state index contributed by atoms with van der Waals surface area (Å²) >= 11 is 0. The van der Waals surface area contributed by atoms with Gasteiger partial charge in [0.2, 0.25) is 12.3 Å². The zero-order chi connectivity index (χ0) is 18.9. The Kier molecular flexibility index (Phi) is 3.98. The SMILES string of the molecule is O=C(COc1ccc(-c2nnco2)cc1)c1ccc2c(c1)-c1ccccc1C2. The van der Waals surface area contributed by atoms with Crippen molar-refractivity contribution in [1.82, 2.24) is 10.2 Å². The Bertz CT molecular complexity index is 1150. The zero-order valence-corrected chi connectivity index (χ0v) is 15.0. The number of Topliss-reactive ketones (excluding diaryl/α,β-unsaturated/α-hetero) is 1. The Morgan fingerprint density at radius 3 is 2.61 bits per heavy atom. The Balaban J connectivity index is 1.29. The van der Waals surface area contributed by atoms with Crippen molar-refractivity contribution < 1.29 is 13.9 Å². The lowest BCUT2D eigenvalue weighted by Crippen LogP contribution is -2.11. The van der Waals surface area contributed by atoms with Crippen LogP contribution in [0.15, 0.2) is 77.5 Å². The quantitative estimate of drug-likeness (QED) is 0.425. The van der Waals surface area contributed by atoms with E-state index >= 15 is 0 Å². The highest BCUT2D eigenvalue weighted by atomic mass is 16.5. The number of ether oxygens (including phenoxy) is 1. The first-order chi connectivity index (χ1) is 13.8. The zero-order valence-electron chi connectivity index (χ0n) is 15.0. The van der Waals surface area contributed by atoms with E-state index in [0.29, 0.717) is 17.2 Å². The minimum atomic E-state index is -0.0480. The molecule has 4 aromatic rings. The van der Waals surface area contributed by atoms with Gasteiger partial charge in [0.05, 0.1) is 0 Å². The molecule has 1 aromatic heterocycles. The van der Waals surface area contributed by atoms with E-state index in [4.69, 9.17) is 9.15 Å². The van der Waals surface area contributed by atoms with Crippen LogP contribution in [0.1, 0.15) is 21.5 Å². The van der Waals surface area contributed by atoms with Crippen LogP contribution in [0.5, 0.6) is 5.75 Å². The van der Waals surface area contributed by atoms with Crippen LogP contribution >= 0.6 is 0 Å². The third-order valence-corrected chi connectivity index (χ3v) is 4.95. The maximum absolute atomic E-state index is 12.6. The van der Waals surface area contributed by atoms with Crippen molar-refractivity contribution in [3.63, 3.8) is 0 Å². The van der Waals surface area contributed by atoms with Crippen molar-refractivity contribution in [3.8, 4) is 28.3 Å². The number of aromatic nitrogens is 2. The van der Waals surface area contributed by atoms with Crippen molar-refractivity contribution >= 4 is 5.78 Å². The molecular formula is C23H16N2O3. The minimum absolute atomic E-state index is 0.0136. The normalized spacial score (nSPS) is 11.7. The van der Waals surface area contributed by atoms with Gasteiger partial charge in [-0.15, -0.1) is 10.2 Å². The summed E-state index contributed by atoms with van der Waals surface area (Å²) in [5.41, 5.74) is 6.39. The van der Waals surface area contributed by atoms with Gasteiger partial charge in [0.15, 0.2) is 12.4 Å². The number of fused-ring (bicyclic) bond motifs is 3. The summed E-state index contributed by atoms with van der Waals surface area (Å²) in [5.74, 6) is 1.01. The van der Waals surface area contributed by atoms with Crippen LogP contribution in [0.25, 0.3) is 22.6 Å². The Morgan fingerprint density at radius 2 is 1.79 bits per heavy atom. The molecule has 0 bridgehead atoms. The molecular weight excluding hydrogens is 352 g/mol. The van der Waals surface area contributed by atoms with Crippen molar-refractivity contribution in [2.75, 3.05) is 6.61 Å². The monoisotopic (exact) mass is 368 g/mol. The van der Waals surface area contributed by atoms with Crippen LogP contribution in [0.2, 0.25) is 0 Å². The molecule has 136 valence electrons. The smallest absolute Gasteiger partial charge is 0.247 e. The van der Waals surface area contributed by atoms with Gasteiger partial charge < -0.3 is 9.15 Å².